The maximum atomic E-state index is 13.8. The minimum atomic E-state index is -0.697. The number of rotatable bonds is 9. The molecule has 1 unspecified atom stereocenters. The molecule has 33 heavy (non-hydrogen) atoms. The first-order valence-corrected chi connectivity index (χ1v) is 11.5. The van der Waals surface area contributed by atoms with Gasteiger partial charge in [0.25, 0.3) is 0 Å². The van der Waals surface area contributed by atoms with Gasteiger partial charge in [-0.3, -0.25) is 9.59 Å². The van der Waals surface area contributed by atoms with Crippen LogP contribution < -0.4 is 0 Å². The SMILES string of the molecule is CCOC(=O)C(CN1CC[C@H](CCCc2ccc3cccnc3n2)C1=O)c1cccc(F)c1. The number of halogens is 1. The Labute approximate surface area is 192 Å². The Hall–Kier alpha value is -3.35. The second kappa shape index (κ2) is 10.5. The molecule has 172 valence electrons. The third-order valence-corrected chi connectivity index (χ3v) is 6.14. The molecule has 1 aliphatic heterocycles. The van der Waals surface area contributed by atoms with Gasteiger partial charge in [-0.05, 0) is 74.6 Å². The molecular weight excluding hydrogens is 421 g/mol. The second-order valence-electron chi connectivity index (χ2n) is 8.37. The number of pyridine rings is 2. The summed E-state index contributed by atoms with van der Waals surface area (Å²) in [7, 11) is 0. The van der Waals surface area contributed by atoms with E-state index in [0.717, 1.165) is 42.4 Å². The van der Waals surface area contributed by atoms with Crippen LogP contribution in [0.3, 0.4) is 0 Å². The smallest absolute Gasteiger partial charge is 0.315 e. The minimum absolute atomic E-state index is 0.0499. The number of amides is 1. The fourth-order valence-electron chi connectivity index (χ4n) is 4.42. The lowest BCUT2D eigenvalue weighted by molar-refractivity contribution is -0.146. The van der Waals surface area contributed by atoms with Gasteiger partial charge in [0.1, 0.15) is 5.82 Å². The molecule has 2 aromatic heterocycles. The lowest BCUT2D eigenvalue weighted by Gasteiger charge is -2.23. The Kier molecular flexibility index (Phi) is 7.27. The number of likely N-dealkylation sites (tertiary alicyclic amines) is 1. The summed E-state index contributed by atoms with van der Waals surface area (Å²) in [4.78, 5) is 36.2. The van der Waals surface area contributed by atoms with Gasteiger partial charge in [-0.15, -0.1) is 0 Å². The van der Waals surface area contributed by atoms with Crippen molar-refractivity contribution in [2.24, 2.45) is 5.92 Å². The van der Waals surface area contributed by atoms with Crippen LogP contribution in [0.4, 0.5) is 4.39 Å². The largest absolute Gasteiger partial charge is 0.465 e. The Morgan fingerprint density at radius 2 is 2.12 bits per heavy atom. The van der Waals surface area contributed by atoms with Crippen LogP contribution in [0.25, 0.3) is 11.0 Å². The van der Waals surface area contributed by atoms with Gasteiger partial charge in [-0.25, -0.2) is 14.4 Å². The van der Waals surface area contributed by atoms with Crippen LogP contribution in [0.5, 0.6) is 0 Å². The van der Waals surface area contributed by atoms with E-state index < -0.39 is 17.7 Å². The minimum Gasteiger partial charge on any atom is -0.465 e. The molecule has 0 N–H and O–H groups in total. The summed E-state index contributed by atoms with van der Waals surface area (Å²) >= 11 is 0. The van der Waals surface area contributed by atoms with Crippen LogP contribution in [0.15, 0.2) is 54.7 Å². The summed E-state index contributed by atoms with van der Waals surface area (Å²) in [5, 5.41) is 1.01. The predicted molar refractivity (Wildman–Crippen MR) is 123 cm³/mol. The number of nitrogens with zero attached hydrogens (tertiary/aromatic N) is 3. The van der Waals surface area contributed by atoms with E-state index in [9.17, 15) is 14.0 Å². The Morgan fingerprint density at radius 3 is 2.94 bits per heavy atom. The van der Waals surface area contributed by atoms with Crippen LogP contribution in [-0.2, 0) is 20.7 Å². The van der Waals surface area contributed by atoms with E-state index in [-0.39, 0.29) is 25.0 Å². The van der Waals surface area contributed by atoms with Crippen molar-refractivity contribution in [2.75, 3.05) is 19.7 Å². The van der Waals surface area contributed by atoms with E-state index in [2.05, 4.69) is 9.97 Å². The van der Waals surface area contributed by atoms with Crippen molar-refractivity contribution >= 4 is 22.9 Å². The first kappa shape index (κ1) is 22.8. The molecule has 6 nitrogen and oxygen atoms in total. The standard InChI is InChI=1S/C26H28FN3O3/c1-2-33-26(32)23(20-7-3-9-21(27)16-20)17-30-15-13-19(25(30)31)6-4-10-22-12-11-18-8-5-14-28-24(18)29-22/h3,5,7-9,11-12,14,16,19,23H,2,4,6,10,13,15,17H2,1H3/t19-,23?/m0/s1. The zero-order valence-electron chi connectivity index (χ0n) is 18.7. The quantitative estimate of drug-likeness (QED) is 0.456. The van der Waals surface area contributed by atoms with E-state index >= 15 is 0 Å². The molecule has 2 atom stereocenters. The molecule has 3 aromatic rings. The van der Waals surface area contributed by atoms with Gasteiger partial charge in [0, 0.05) is 36.3 Å². The van der Waals surface area contributed by atoms with Crippen molar-refractivity contribution < 1.29 is 18.7 Å². The fraction of sp³-hybridized carbons (Fsp3) is 0.385. The van der Waals surface area contributed by atoms with E-state index in [1.807, 2.05) is 24.3 Å². The number of hydrogen-bond donors (Lipinski definition) is 0. The van der Waals surface area contributed by atoms with E-state index in [0.29, 0.717) is 12.1 Å². The molecule has 1 saturated heterocycles. The summed E-state index contributed by atoms with van der Waals surface area (Å²) in [5.74, 6) is -1.56. The highest BCUT2D eigenvalue weighted by atomic mass is 19.1. The van der Waals surface area contributed by atoms with Gasteiger partial charge in [-0.2, -0.15) is 0 Å². The Bertz CT molecular complexity index is 1140. The maximum absolute atomic E-state index is 13.8. The molecule has 7 heteroatoms. The molecular formula is C26H28FN3O3. The van der Waals surface area contributed by atoms with Crippen molar-refractivity contribution in [3.63, 3.8) is 0 Å². The van der Waals surface area contributed by atoms with Gasteiger partial charge in [0.2, 0.25) is 5.91 Å². The molecule has 3 heterocycles. The third kappa shape index (κ3) is 5.53. The zero-order valence-corrected chi connectivity index (χ0v) is 18.7. The molecule has 4 rings (SSSR count). The lowest BCUT2D eigenvalue weighted by Crippen LogP contribution is -2.35. The Morgan fingerprint density at radius 1 is 1.24 bits per heavy atom. The number of benzene rings is 1. The molecule has 0 saturated carbocycles. The summed E-state index contributed by atoms with van der Waals surface area (Å²) in [6.07, 6.45) is 4.88. The summed E-state index contributed by atoms with van der Waals surface area (Å²) in [6.45, 7) is 2.76. The average molecular weight is 450 g/mol. The highest BCUT2D eigenvalue weighted by Gasteiger charge is 2.35. The normalized spacial score (nSPS) is 16.8. The Balaban J connectivity index is 1.35. The van der Waals surface area contributed by atoms with Crippen LogP contribution in [-0.4, -0.2) is 46.4 Å². The maximum Gasteiger partial charge on any atom is 0.315 e. The number of fused-ring (bicyclic) bond motifs is 1. The van der Waals surface area contributed by atoms with Crippen molar-refractivity contribution in [3.05, 3.63) is 71.8 Å². The van der Waals surface area contributed by atoms with Crippen molar-refractivity contribution in [2.45, 2.75) is 38.5 Å². The van der Waals surface area contributed by atoms with Gasteiger partial charge in [-0.1, -0.05) is 12.1 Å². The van der Waals surface area contributed by atoms with E-state index in [4.69, 9.17) is 4.74 Å². The molecule has 1 fully saturated rings. The molecule has 1 amide bonds. The third-order valence-electron chi connectivity index (χ3n) is 6.14. The van der Waals surface area contributed by atoms with Gasteiger partial charge in [0.05, 0.1) is 12.5 Å². The molecule has 0 aliphatic carbocycles. The van der Waals surface area contributed by atoms with Gasteiger partial charge < -0.3 is 9.64 Å². The highest BCUT2D eigenvalue weighted by Crippen LogP contribution is 2.28. The summed E-state index contributed by atoms with van der Waals surface area (Å²) in [5.41, 5.74) is 2.23. The number of carbonyl (C=O) groups is 2. The molecule has 0 bridgehead atoms. The average Bonchev–Trinajstić information content (AvgIpc) is 3.16. The monoisotopic (exact) mass is 449 g/mol. The number of aromatic nitrogens is 2. The van der Waals surface area contributed by atoms with Gasteiger partial charge >= 0.3 is 5.97 Å². The first-order chi connectivity index (χ1) is 16.0. The molecule has 0 spiro atoms. The summed E-state index contributed by atoms with van der Waals surface area (Å²) in [6, 6.07) is 13.9. The topological polar surface area (TPSA) is 72.4 Å². The van der Waals surface area contributed by atoms with Crippen molar-refractivity contribution in [3.8, 4) is 0 Å². The lowest BCUT2D eigenvalue weighted by atomic mass is 9.97. The summed E-state index contributed by atoms with van der Waals surface area (Å²) < 4.78 is 19.0. The first-order valence-electron chi connectivity index (χ1n) is 11.5. The predicted octanol–water partition coefficient (Wildman–Crippen LogP) is 4.29. The van der Waals surface area contributed by atoms with Crippen molar-refractivity contribution in [1.82, 2.24) is 14.9 Å². The second-order valence-corrected chi connectivity index (χ2v) is 8.37. The zero-order chi connectivity index (χ0) is 23.2. The number of aryl methyl sites for hydroxylation is 1. The van der Waals surface area contributed by atoms with Crippen molar-refractivity contribution in [1.29, 1.82) is 0 Å². The van der Waals surface area contributed by atoms with Crippen LogP contribution in [0.2, 0.25) is 0 Å². The van der Waals surface area contributed by atoms with E-state index in [1.54, 1.807) is 30.2 Å². The number of ether oxygens (including phenoxy) is 1. The van der Waals surface area contributed by atoms with Crippen LogP contribution in [0, 0.1) is 11.7 Å². The van der Waals surface area contributed by atoms with Crippen LogP contribution >= 0.6 is 0 Å². The molecule has 0 radical (unpaired) electrons. The van der Waals surface area contributed by atoms with Gasteiger partial charge in [0.15, 0.2) is 5.65 Å². The van der Waals surface area contributed by atoms with E-state index in [1.165, 1.54) is 12.1 Å². The molecule has 1 aromatic carbocycles. The number of carbonyl (C=O) groups excluding carboxylic acids is 2. The van der Waals surface area contributed by atoms with Crippen LogP contribution in [0.1, 0.15) is 43.4 Å². The fourth-order valence-corrected chi connectivity index (χ4v) is 4.42. The molecule has 1 aliphatic rings. The highest BCUT2D eigenvalue weighted by molar-refractivity contribution is 5.83. The number of esters is 1. The number of hydrogen-bond acceptors (Lipinski definition) is 5.